The predicted molar refractivity (Wildman–Crippen MR) is 73.5 cm³/mol. The average Bonchev–Trinajstić information content (AvgIpc) is 2.96. The van der Waals surface area contributed by atoms with Gasteiger partial charge in [0.05, 0.1) is 5.69 Å². The fourth-order valence-electron chi connectivity index (χ4n) is 2.97. The number of piperidine rings is 1. The van der Waals surface area contributed by atoms with Gasteiger partial charge < -0.3 is 4.90 Å². The number of aromatic nitrogens is 1. The number of nitrogens with one attached hydrogen (secondary N) is 1. The van der Waals surface area contributed by atoms with E-state index < -0.39 is 0 Å². The highest BCUT2D eigenvalue weighted by Crippen LogP contribution is 2.37. The number of urea groups is 1. The number of hydrogen-bond acceptors (Lipinski definition) is 2. The quantitative estimate of drug-likeness (QED) is 0.866. The maximum absolute atomic E-state index is 12.2. The molecule has 2 atom stereocenters. The molecule has 2 aliphatic rings. The van der Waals surface area contributed by atoms with E-state index in [2.05, 4.69) is 26.2 Å². The van der Waals surface area contributed by atoms with E-state index in [1.807, 2.05) is 24.0 Å². The highest BCUT2D eigenvalue weighted by Gasteiger charge is 2.40. The molecule has 18 heavy (non-hydrogen) atoms. The zero-order valence-electron chi connectivity index (χ0n) is 10.3. The molecule has 3 rings (SSSR count). The largest absolute Gasteiger partial charge is 0.323 e. The molecule has 1 aliphatic carbocycles. The lowest BCUT2D eigenvalue weighted by Crippen LogP contribution is -2.40. The van der Waals surface area contributed by atoms with Crippen LogP contribution in [-0.4, -0.2) is 28.5 Å². The number of rotatable bonds is 1. The van der Waals surface area contributed by atoms with Crippen molar-refractivity contribution in [3.63, 3.8) is 0 Å². The third-order valence-electron chi connectivity index (χ3n) is 3.93. The van der Waals surface area contributed by atoms with Crippen LogP contribution in [0.25, 0.3) is 0 Å². The highest BCUT2D eigenvalue weighted by atomic mass is 79.9. The summed E-state index contributed by atoms with van der Waals surface area (Å²) in [5.41, 5.74) is 0.885. The lowest BCUT2D eigenvalue weighted by Gasteiger charge is -2.26. The number of carbonyl (C=O) groups excluding carboxylic acids is 1. The molecule has 0 spiro atoms. The second kappa shape index (κ2) is 4.53. The van der Waals surface area contributed by atoms with Crippen molar-refractivity contribution in [3.8, 4) is 0 Å². The number of fused-ring (bicyclic) bond motifs is 2. The fourth-order valence-corrected chi connectivity index (χ4v) is 3.19. The van der Waals surface area contributed by atoms with Gasteiger partial charge in [0.1, 0.15) is 5.82 Å². The van der Waals surface area contributed by atoms with Crippen LogP contribution in [0.4, 0.5) is 10.6 Å². The molecule has 96 valence electrons. The van der Waals surface area contributed by atoms with E-state index in [-0.39, 0.29) is 6.03 Å². The predicted octanol–water partition coefficient (Wildman–Crippen LogP) is 3.17. The lowest BCUT2D eigenvalue weighted by molar-refractivity contribution is 0.194. The van der Waals surface area contributed by atoms with Gasteiger partial charge in [-0.2, -0.15) is 0 Å². The molecular formula is C13H16BrN3O. The zero-order valence-corrected chi connectivity index (χ0v) is 11.9. The maximum Gasteiger partial charge on any atom is 0.323 e. The molecule has 1 aromatic rings. The van der Waals surface area contributed by atoms with E-state index in [1.165, 1.54) is 12.8 Å². The van der Waals surface area contributed by atoms with E-state index in [9.17, 15) is 4.79 Å². The number of likely N-dealkylation sites (tertiary alicyclic amines) is 1. The van der Waals surface area contributed by atoms with Gasteiger partial charge in [-0.1, -0.05) is 0 Å². The molecule has 0 radical (unpaired) electrons. The molecule has 1 saturated heterocycles. The van der Waals surface area contributed by atoms with Gasteiger partial charge in [0.15, 0.2) is 0 Å². The monoisotopic (exact) mass is 309 g/mol. The van der Waals surface area contributed by atoms with Crippen molar-refractivity contribution >= 4 is 27.8 Å². The normalized spacial score (nSPS) is 25.6. The molecule has 2 fully saturated rings. The van der Waals surface area contributed by atoms with Gasteiger partial charge in [0, 0.05) is 17.1 Å². The molecule has 2 amide bonds. The molecule has 1 saturated carbocycles. The highest BCUT2D eigenvalue weighted by molar-refractivity contribution is 9.10. The summed E-state index contributed by atoms with van der Waals surface area (Å²) < 4.78 is 0.959. The van der Waals surface area contributed by atoms with Crippen LogP contribution in [0.3, 0.4) is 0 Å². The third-order valence-corrected chi connectivity index (χ3v) is 4.76. The molecule has 1 aromatic heterocycles. The number of aryl methyl sites for hydroxylation is 1. The van der Waals surface area contributed by atoms with Crippen LogP contribution in [0.1, 0.15) is 25.0 Å². The Morgan fingerprint density at radius 1 is 1.50 bits per heavy atom. The van der Waals surface area contributed by atoms with Crippen molar-refractivity contribution in [2.75, 3.05) is 11.9 Å². The number of amides is 2. The number of anilines is 1. The minimum atomic E-state index is -0.00331. The molecule has 5 heteroatoms. The molecule has 1 N–H and O–H groups in total. The van der Waals surface area contributed by atoms with Crippen molar-refractivity contribution in [1.29, 1.82) is 0 Å². The summed E-state index contributed by atoms with van der Waals surface area (Å²) in [6, 6.07) is 4.18. The lowest BCUT2D eigenvalue weighted by atomic mass is 10.1. The summed E-state index contributed by atoms with van der Waals surface area (Å²) in [5, 5.41) is 2.89. The minimum absolute atomic E-state index is 0.00331. The number of nitrogens with zero attached hydrogens (tertiary/aromatic N) is 2. The van der Waals surface area contributed by atoms with Crippen molar-refractivity contribution in [2.45, 2.75) is 32.2 Å². The van der Waals surface area contributed by atoms with Crippen LogP contribution in [0.5, 0.6) is 0 Å². The first-order valence-electron chi connectivity index (χ1n) is 6.34. The minimum Gasteiger partial charge on any atom is -0.321 e. The Hall–Kier alpha value is -1.10. The van der Waals surface area contributed by atoms with E-state index in [4.69, 9.17) is 0 Å². The van der Waals surface area contributed by atoms with Crippen LogP contribution in [0.15, 0.2) is 16.6 Å². The van der Waals surface area contributed by atoms with Gasteiger partial charge >= 0.3 is 6.03 Å². The molecule has 2 heterocycles. The standard InChI is InChI=1S/C13H16BrN3O/c1-8-11(14)4-5-12(15-8)16-13(18)17-7-9-2-3-10(17)6-9/h4-5,9-10H,2-3,6-7H2,1H3,(H,15,16,18). The smallest absolute Gasteiger partial charge is 0.321 e. The average molecular weight is 310 g/mol. The Balaban J connectivity index is 1.69. The Morgan fingerprint density at radius 2 is 2.33 bits per heavy atom. The van der Waals surface area contributed by atoms with Gasteiger partial charge in [-0.15, -0.1) is 0 Å². The van der Waals surface area contributed by atoms with E-state index in [1.54, 1.807) is 0 Å². The van der Waals surface area contributed by atoms with Gasteiger partial charge in [0.25, 0.3) is 0 Å². The summed E-state index contributed by atoms with van der Waals surface area (Å²) in [7, 11) is 0. The van der Waals surface area contributed by atoms with Gasteiger partial charge in [-0.05, 0) is 60.2 Å². The van der Waals surface area contributed by atoms with Crippen LogP contribution < -0.4 is 5.32 Å². The SMILES string of the molecule is Cc1nc(NC(=O)N2CC3CCC2C3)ccc1Br. The third kappa shape index (κ3) is 2.11. The second-order valence-electron chi connectivity index (χ2n) is 5.18. The van der Waals surface area contributed by atoms with Crippen LogP contribution in [0, 0.1) is 12.8 Å². The maximum atomic E-state index is 12.2. The van der Waals surface area contributed by atoms with Crippen molar-refractivity contribution in [2.24, 2.45) is 5.92 Å². The van der Waals surface area contributed by atoms with Crippen molar-refractivity contribution in [1.82, 2.24) is 9.88 Å². The van der Waals surface area contributed by atoms with Crippen LogP contribution in [0.2, 0.25) is 0 Å². The summed E-state index contributed by atoms with van der Waals surface area (Å²) in [6.45, 7) is 2.82. The molecule has 0 aromatic carbocycles. The van der Waals surface area contributed by atoms with Gasteiger partial charge in [-0.3, -0.25) is 5.32 Å². The second-order valence-corrected chi connectivity index (χ2v) is 6.03. The van der Waals surface area contributed by atoms with Crippen LogP contribution >= 0.6 is 15.9 Å². The first kappa shape index (κ1) is 12.0. The summed E-state index contributed by atoms with van der Waals surface area (Å²) in [4.78, 5) is 18.5. The summed E-state index contributed by atoms with van der Waals surface area (Å²) in [5.74, 6) is 1.35. The summed E-state index contributed by atoms with van der Waals surface area (Å²) >= 11 is 3.40. The topological polar surface area (TPSA) is 45.2 Å². The van der Waals surface area contributed by atoms with E-state index >= 15 is 0 Å². The molecule has 4 nitrogen and oxygen atoms in total. The van der Waals surface area contributed by atoms with E-state index in [0.717, 1.165) is 29.1 Å². The number of halogens is 1. The molecule has 2 unspecified atom stereocenters. The number of pyridine rings is 1. The number of hydrogen-bond donors (Lipinski definition) is 1. The van der Waals surface area contributed by atoms with Gasteiger partial charge in [-0.25, -0.2) is 9.78 Å². The molecule has 1 aliphatic heterocycles. The molecular weight excluding hydrogens is 294 g/mol. The van der Waals surface area contributed by atoms with Gasteiger partial charge in [0.2, 0.25) is 0 Å². The fraction of sp³-hybridized carbons (Fsp3) is 0.538. The Bertz CT molecular complexity index is 491. The first-order chi connectivity index (χ1) is 8.63. The molecule has 2 bridgehead atoms. The Kier molecular flexibility index (Phi) is 3.01. The van der Waals surface area contributed by atoms with E-state index in [0.29, 0.717) is 11.9 Å². The van der Waals surface area contributed by atoms with Crippen molar-refractivity contribution in [3.05, 3.63) is 22.3 Å². The number of carbonyl (C=O) groups is 1. The van der Waals surface area contributed by atoms with Crippen LogP contribution in [-0.2, 0) is 0 Å². The first-order valence-corrected chi connectivity index (χ1v) is 7.13. The Morgan fingerprint density at radius 3 is 2.94 bits per heavy atom. The van der Waals surface area contributed by atoms with Crippen molar-refractivity contribution < 1.29 is 4.79 Å². The Labute approximate surface area is 115 Å². The summed E-state index contributed by atoms with van der Waals surface area (Å²) in [6.07, 6.45) is 3.62. The zero-order chi connectivity index (χ0) is 12.7.